The Hall–Kier alpha value is -0.370. The van der Waals surface area contributed by atoms with Crippen molar-refractivity contribution in [3.63, 3.8) is 0 Å². The zero-order chi connectivity index (χ0) is 9.35. The van der Waals surface area contributed by atoms with Crippen LogP contribution in [-0.2, 0) is 4.79 Å². The first-order chi connectivity index (χ1) is 5.50. The maximum Gasteiger partial charge on any atom is 0.133 e. The summed E-state index contributed by atoms with van der Waals surface area (Å²) in [7, 11) is 0. The standard InChI is InChI=1S/C10H18O2/c1-7(12)9-6-8(4-5-11)10(9,2)3/h8-9,11H,4-6H2,1-3H3/t8-,9+/m1/s1. The van der Waals surface area contributed by atoms with Crippen molar-refractivity contribution in [1.29, 1.82) is 0 Å². The van der Waals surface area contributed by atoms with Gasteiger partial charge in [0, 0.05) is 12.5 Å². The summed E-state index contributed by atoms with van der Waals surface area (Å²) >= 11 is 0. The molecule has 0 aromatic carbocycles. The lowest BCUT2D eigenvalue weighted by atomic mass is 9.53. The highest BCUT2D eigenvalue weighted by Gasteiger charge is 2.49. The molecule has 70 valence electrons. The molecular weight excluding hydrogens is 152 g/mol. The summed E-state index contributed by atoms with van der Waals surface area (Å²) in [5.41, 5.74) is 0.120. The van der Waals surface area contributed by atoms with E-state index in [4.69, 9.17) is 5.11 Å². The normalized spacial score (nSPS) is 32.7. The summed E-state index contributed by atoms with van der Waals surface area (Å²) < 4.78 is 0. The van der Waals surface area contributed by atoms with Gasteiger partial charge in [-0.2, -0.15) is 0 Å². The molecule has 1 aliphatic rings. The van der Waals surface area contributed by atoms with Gasteiger partial charge in [-0.3, -0.25) is 4.79 Å². The Balaban J connectivity index is 2.53. The first-order valence-electron chi connectivity index (χ1n) is 4.61. The summed E-state index contributed by atoms with van der Waals surface area (Å²) in [4.78, 5) is 11.1. The maximum absolute atomic E-state index is 11.1. The van der Waals surface area contributed by atoms with Gasteiger partial charge in [0.15, 0.2) is 0 Å². The van der Waals surface area contributed by atoms with E-state index in [2.05, 4.69) is 13.8 Å². The van der Waals surface area contributed by atoms with Crippen LogP contribution in [0.1, 0.15) is 33.6 Å². The third-order valence-electron chi connectivity index (χ3n) is 3.44. The largest absolute Gasteiger partial charge is 0.396 e. The molecule has 0 radical (unpaired) electrons. The van der Waals surface area contributed by atoms with Gasteiger partial charge in [0.1, 0.15) is 5.78 Å². The van der Waals surface area contributed by atoms with Crippen molar-refractivity contribution in [1.82, 2.24) is 0 Å². The van der Waals surface area contributed by atoms with Crippen molar-refractivity contribution in [2.45, 2.75) is 33.6 Å². The van der Waals surface area contributed by atoms with E-state index in [1.807, 2.05) is 0 Å². The molecule has 0 aromatic rings. The van der Waals surface area contributed by atoms with Crippen LogP contribution in [0.2, 0.25) is 0 Å². The number of rotatable bonds is 3. The van der Waals surface area contributed by atoms with E-state index >= 15 is 0 Å². The molecule has 0 amide bonds. The first-order valence-corrected chi connectivity index (χ1v) is 4.61. The quantitative estimate of drug-likeness (QED) is 0.698. The lowest BCUT2D eigenvalue weighted by molar-refractivity contribution is -0.137. The molecule has 2 nitrogen and oxygen atoms in total. The van der Waals surface area contributed by atoms with Crippen LogP contribution in [0, 0.1) is 17.3 Å². The lowest BCUT2D eigenvalue weighted by Gasteiger charge is -2.51. The predicted octanol–water partition coefficient (Wildman–Crippen LogP) is 1.62. The number of hydrogen-bond acceptors (Lipinski definition) is 2. The minimum Gasteiger partial charge on any atom is -0.396 e. The Morgan fingerprint density at radius 3 is 2.50 bits per heavy atom. The second-order valence-corrected chi connectivity index (χ2v) is 4.43. The number of hydrogen-bond donors (Lipinski definition) is 1. The van der Waals surface area contributed by atoms with Gasteiger partial charge in [0.2, 0.25) is 0 Å². The van der Waals surface area contributed by atoms with Crippen LogP contribution >= 0.6 is 0 Å². The zero-order valence-corrected chi connectivity index (χ0v) is 8.13. The molecule has 1 aliphatic carbocycles. The molecule has 0 aromatic heterocycles. The summed E-state index contributed by atoms with van der Waals surface area (Å²) in [5.74, 6) is 1.07. The van der Waals surface area contributed by atoms with Crippen molar-refractivity contribution in [2.75, 3.05) is 6.61 Å². The topological polar surface area (TPSA) is 37.3 Å². The van der Waals surface area contributed by atoms with E-state index in [0.717, 1.165) is 12.8 Å². The Labute approximate surface area is 74.0 Å². The molecule has 1 saturated carbocycles. The molecule has 1 rings (SSSR count). The lowest BCUT2D eigenvalue weighted by Crippen LogP contribution is -2.48. The molecular formula is C10H18O2. The highest BCUT2D eigenvalue weighted by molar-refractivity contribution is 5.80. The van der Waals surface area contributed by atoms with Crippen LogP contribution in [0.15, 0.2) is 0 Å². The van der Waals surface area contributed by atoms with Gasteiger partial charge in [-0.25, -0.2) is 0 Å². The number of carbonyl (C=O) groups excluding carboxylic acids is 1. The molecule has 1 fully saturated rings. The van der Waals surface area contributed by atoms with E-state index in [1.54, 1.807) is 6.92 Å². The SMILES string of the molecule is CC(=O)[C@@H]1C[C@@H](CCO)C1(C)C. The van der Waals surface area contributed by atoms with E-state index in [1.165, 1.54) is 0 Å². The van der Waals surface area contributed by atoms with Gasteiger partial charge in [-0.15, -0.1) is 0 Å². The zero-order valence-electron chi connectivity index (χ0n) is 8.13. The van der Waals surface area contributed by atoms with Crippen molar-refractivity contribution in [3.05, 3.63) is 0 Å². The molecule has 0 aliphatic heterocycles. The van der Waals surface area contributed by atoms with E-state index < -0.39 is 0 Å². The van der Waals surface area contributed by atoms with Crippen molar-refractivity contribution >= 4 is 5.78 Å². The predicted molar refractivity (Wildman–Crippen MR) is 47.8 cm³/mol. The fourth-order valence-electron chi connectivity index (χ4n) is 2.35. The average molecular weight is 170 g/mol. The van der Waals surface area contributed by atoms with Crippen LogP contribution in [0.5, 0.6) is 0 Å². The first kappa shape index (κ1) is 9.72. The van der Waals surface area contributed by atoms with Crippen molar-refractivity contribution in [3.8, 4) is 0 Å². The summed E-state index contributed by atoms with van der Waals surface area (Å²) in [6, 6.07) is 0. The van der Waals surface area contributed by atoms with Crippen LogP contribution in [-0.4, -0.2) is 17.5 Å². The number of Topliss-reactive ketones (excluding diaryl/α,β-unsaturated/α-hetero) is 1. The third-order valence-corrected chi connectivity index (χ3v) is 3.44. The minimum absolute atomic E-state index is 0.120. The van der Waals surface area contributed by atoms with Crippen LogP contribution in [0.25, 0.3) is 0 Å². The smallest absolute Gasteiger partial charge is 0.133 e. The summed E-state index contributed by atoms with van der Waals surface area (Å²) in [6.45, 7) is 6.17. The van der Waals surface area contributed by atoms with E-state index in [0.29, 0.717) is 11.7 Å². The van der Waals surface area contributed by atoms with Crippen LogP contribution < -0.4 is 0 Å². The minimum atomic E-state index is 0.120. The van der Waals surface area contributed by atoms with Gasteiger partial charge in [0.25, 0.3) is 0 Å². The van der Waals surface area contributed by atoms with Gasteiger partial charge < -0.3 is 5.11 Å². The van der Waals surface area contributed by atoms with Gasteiger partial charge in [-0.1, -0.05) is 13.8 Å². The summed E-state index contributed by atoms with van der Waals surface area (Å²) in [5, 5.41) is 8.77. The second kappa shape index (κ2) is 3.17. The Morgan fingerprint density at radius 2 is 2.17 bits per heavy atom. The number of ketones is 1. The third kappa shape index (κ3) is 1.40. The van der Waals surface area contributed by atoms with Crippen molar-refractivity contribution < 1.29 is 9.90 Å². The monoisotopic (exact) mass is 170 g/mol. The Bertz CT molecular complexity index is 184. The molecule has 0 unspecified atom stereocenters. The highest BCUT2D eigenvalue weighted by Crippen LogP contribution is 2.52. The van der Waals surface area contributed by atoms with Crippen LogP contribution in [0.4, 0.5) is 0 Å². The fraction of sp³-hybridized carbons (Fsp3) is 0.900. The van der Waals surface area contributed by atoms with Gasteiger partial charge in [-0.05, 0) is 31.1 Å². The summed E-state index contributed by atoms with van der Waals surface area (Å²) in [6.07, 6.45) is 1.82. The molecule has 0 heterocycles. The van der Waals surface area contributed by atoms with Crippen LogP contribution in [0.3, 0.4) is 0 Å². The van der Waals surface area contributed by atoms with Crippen molar-refractivity contribution in [2.24, 2.45) is 17.3 Å². The number of aliphatic hydroxyl groups is 1. The molecule has 12 heavy (non-hydrogen) atoms. The maximum atomic E-state index is 11.1. The average Bonchev–Trinajstić information content (AvgIpc) is 1.96. The molecule has 2 atom stereocenters. The highest BCUT2D eigenvalue weighted by atomic mass is 16.3. The fourth-order valence-corrected chi connectivity index (χ4v) is 2.35. The molecule has 0 bridgehead atoms. The van der Waals surface area contributed by atoms with E-state index in [9.17, 15) is 4.79 Å². The number of carbonyl (C=O) groups is 1. The molecule has 2 heteroatoms. The Morgan fingerprint density at radius 1 is 1.58 bits per heavy atom. The van der Waals surface area contributed by atoms with Gasteiger partial charge >= 0.3 is 0 Å². The van der Waals surface area contributed by atoms with Gasteiger partial charge in [0.05, 0.1) is 0 Å². The number of aliphatic hydroxyl groups excluding tert-OH is 1. The van der Waals surface area contributed by atoms with E-state index in [-0.39, 0.29) is 17.9 Å². The Kier molecular flexibility index (Phi) is 2.57. The molecule has 1 N–H and O–H groups in total. The molecule has 0 saturated heterocycles. The molecule has 0 spiro atoms. The second-order valence-electron chi connectivity index (χ2n) is 4.43.